The first-order valence-electron chi connectivity index (χ1n) is 4.16. The summed E-state index contributed by atoms with van der Waals surface area (Å²) in [5.74, 6) is -0.817. The number of nitro groups is 1. The molecule has 76 valence electrons. The smallest absolute Gasteiger partial charge is 0.271 e. The SMILES string of the molecule is NC(=O)c1cc2ccccc2n1[N+](=O)[O-]. The van der Waals surface area contributed by atoms with Gasteiger partial charge in [-0.25, -0.2) is 10.1 Å². The van der Waals surface area contributed by atoms with Gasteiger partial charge in [-0.3, -0.25) is 4.79 Å². The monoisotopic (exact) mass is 205 g/mol. The lowest BCUT2D eigenvalue weighted by Gasteiger charge is -1.96. The average Bonchev–Trinajstić information content (AvgIpc) is 2.56. The van der Waals surface area contributed by atoms with E-state index in [1.54, 1.807) is 24.3 Å². The third-order valence-electron chi connectivity index (χ3n) is 2.10. The Labute approximate surface area is 84.0 Å². The lowest BCUT2D eigenvalue weighted by molar-refractivity contribution is -0.538. The van der Waals surface area contributed by atoms with E-state index in [-0.39, 0.29) is 5.69 Å². The zero-order valence-corrected chi connectivity index (χ0v) is 7.58. The van der Waals surface area contributed by atoms with Crippen LogP contribution in [0.25, 0.3) is 10.9 Å². The molecule has 0 bridgehead atoms. The van der Waals surface area contributed by atoms with Gasteiger partial charge in [-0.2, -0.15) is 0 Å². The van der Waals surface area contributed by atoms with E-state index in [1.807, 2.05) is 0 Å². The predicted molar refractivity (Wildman–Crippen MR) is 52.8 cm³/mol. The standard InChI is InChI=1S/C9H7N3O3/c10-9(13)8-5-6-3-1-2-4-7(6)11(8)12(14)15/h1-5H,(H2,10,13). The van der Waals surface area contributed by atoms with Crippen LogP contribution in [0.1, 0.15) is 10.5 Å². The maximum Gasteiger partial charge on any atom is 0.271 e. The summed E-state index contributed by atoms with van der Waals surface area (Å²) in [5.41, 5.74) is 5.29. The summed E-state index contributed by atoms with van der Waals surface area (Å²) in [4.78, 5) is 21.8. The van der Waals surface area contributed by atoms with Crippen molar-refractivity contribution in [1.29, 1.82) is 0 Å². The van der Waals surface area contributed by atoms with Gasteiger partial charge in [0, 0.05) is 5.39 Å². The van der Waals surface area contributed by atoms with Crippen molar-refractivity contribution in [2.75, 3.05) is 0 Å². The van der Waals surface area contributed by atoms with Gasteiger partial charge in [-0.15, -0.1) is 0 Å². The van der Waals surface area contributed by atoms with Gasteiger partial charge in [-0.05, 0) is 12.1 Å². The van der Waals surface area contributed by atoms with Crippen LogP contribution in [0.15, 0.2) is 30.3 Å². The molecule has 1 aromatic heterocycles. The summed E-state index contributed by atoms with van der Waals surface area (Å²) in [6.07, 6.45) is 0. The second kappa shape index (κ2) is 3.09. The molecule has 0 radical (unpaired) electrons. The van der Waals surface area contributed by atoms with Gasteiger partial charge < -0.3 is 5.73 Å². The van der Waals surface area contributed by atoms with E-state index in [4.69, 9.17) is 5.73 Å². The maximum atomic E-state index is 11.0. The highest BCUT2D eigenvalue weighted by atomic mass is 16.7. The lowest BCUT2D eigenvalue weighted by Crippen LogP contribution is -2.20. The number of hydrogen-bond donors (Lipinski definition) is 1. The van der Waals surface area contributed by atoms with Crippen LogP contribution in [0.2, 0.25) is 0 Å². The molecule has 0 saturated carbocycles. The number of nitrogens with zero attached hydrogens (tertiary/aromatic N) is 2. The number of amides is 1. The zero-order chi connectivity index (χ0) is 11.0. The number of benzene rings is 1. The van der Waals surface area contributed by atoms with Crippen molar-refractivity contribution in [3.05, 3.63) is 46.1 Å². The van der Waals surface area contributed by atoms with Crippen molar-refractivity contribution in [1.82, 2.24) is 4.68 Å². The minimum Gasteiger partial charge on any atom is -0.364 e. The van der Waals surface area contributed by atoms with Crippen LogP contribution in [-0.2, 0) is 0 Å². The Hall–Kier alpha value is -2.37. The normalized spacial score (nSPS) is 10.4. The Balaban J connectivity index is 2.86. The van der Waals surface area contributed by atoms with E-state index in [9.17, 15) is 14.9 Å². The average molecular weight is 205 g/mol. The molecule has 15 heavy (non-hydrogen) atoms. The quantitative estimate of drug-likeness (QED) is 0.580. The molecule has 0 spiro atoms. The van der Waals surface area contributed by atoms with E-state index in [0.717, 1.165) is 0 Å². The summed E-state index contributed by atoms with van der Waals surface area (Å²) in [6.45, 7) is 0. The molecule has 0 aliphatic heterocycles. The number of rotatable bonds is 2. The number of nitrogens with two attached hydrogens (primary N) is 1. The molecular weight excluding hydrogens is 198 g/mol. The third-order valence-corrected chi connectivity index (χ3v) is 2.10. The topological polar surface area (TPSA) is 91.2 Å². The predicted octanol–water partition coefficient (Wildman–Crippen LogP) is 0.780. The van der Waals surface area contributed by atoms with Gasteiger partial charge in [-0.1, -0.05) is 22.9 Å². The molecular formula is C9H7N3O3. The fourth-order valence-electron chi connectivity index (χ4n) is 1.49. The Morgan fingerprint density at radius 2 is 2.07 bits per heavy atom. The van der Waals surface area contributed by atoms with Crippen molar-refractivity contribution < 1.29 is 9.83 Å². The van der Waals surface area contributed by atoms with Crippen LogP contribution in [0.5, 0.6) is 0 Å². The van der Waals surface area contributed by atoms with Crippen molar-refractivity contribution in [2.24, 2.45) is 5.73 Å². The van der Waals surface area contributed by atoms with Gasteiger partial charge in [0.1, 0.15) is 5.52 Å². The molecule has 0 fully saturated rings. The van der Waals surface area contributed by atoms with Crippen molar-refractivity contribution in [2.45, 2.75) is 0 Å². The van der Waals surface area contributed by atoms with E-state index >= 15 is 0 Å². The summed E-state index contributed by atoms with van der Waals surface area (Å²) in [6, 6.07) is 8.04. The van der Waals surface area contributed by atoms with E-state index in [2.05, 4.69) is 0 Å². The molecule has 0 atom stereocenters. The minimum absolute atomic E-state index is 0.124. The zero-order valence-electron chi connectivity index (χ0n) is 7.58. The summed E-state index contributed by atoms with van der Waals surface area (Å²) >= 11 is 0. The number of primary amides is 1. The highest BCUT2D eigenvalue weighted by molar-refractivity contribution is 5.97. The highest BCUT2D eigenvalue weighted by Crippen LogP contribution is 2.18. The first-order valence-corrected chi connectivity index (χ1v) is 4.16. The Bertz CT molecular complexity index is 559. The fourth-order valence-corrected chi connectivity index (χ4v) is 1.49. The number of aromatic nitrogens is 1. The Morgan fingerprint density at radius 3 is 2.67 bits per heavy atom. The van der Waals surface area contributed by atoms with Gasteiger partial charge in [0.15, 0.2) is 10.7 Å². The summed E-state index contributed by atoms with van der Waals surface area (Å²) < 4.78 is 0.692. The molecule has 0 aliphatic rings. The van der Waals surface area contributed by atoms with E-state index in [1.165, 1.54) is 6.07 Å². The second-order valence-corrected chi connectivity index (χ2v) is 3.00. The molecule has 1 aromatic carbocycles. The first kappa shape index (κ1) is 9.20. The van der Waals surface area contributed by atoms with Crippen LogP contribution in [0, 0.1) is 10.1 Å². The number of carbonyl (C=O) groups is 1. The van der Waals surface area contributed by atoms with Gasteiger partial charge in [0.25, 0.3) is 5.91 Å². The minimum atomic E-state index is -0.817. The van der Waals surface area contributed by atoms with E-state index in [0.29, 0.717) is 15.6 Å². The molecule has 2 aromatic rings. The first-order chi connectivity index (χ1) is 7.11. The molecule has 1 amide bonds. The fraction of sp³-hybridized carbons (Fsp3) is 0. The molecule has 6 heteroatoms. The van der Waals surface area contributed by atoms with Gasteiger partial charge >= 0.3 is 0 Å². The van der Waals surface area contributed by atoms with E-state index < -0.39 is 10.9 Å². The molecule has 0 saturated heterocycles. The summed E-state index contributed by atoms with van der Waals surface area (Å²) in [7, 11) is 0. The van der Waals surface area contributed by atoms with Crippen LogP contribution < -0.4 is 5.73 Å². The number of fused-ring (bicyclic) bond motifs is 1. The maximum absolute atomic E-state index is 11.0. The number of carbonyl (C=O) groups excluding carboxylic acids is 1. The molecule has 2 N–H and O–H groups in total. The molecule has 1 heterocycles. The molecule has 2 rings (SSSR count). The number of hydrogen-bond acceptors (Lipinski definition) is 3. The van der Waals surface area contributed by atoms with Crippen LogP contribution in [-0.4, -0.2) is 15.6 Å². The van der Waals surface area contributed by atoms with Gasteiger partial charge in [0.05, 0.1) is 0 Å². The van der Waals surface area contributed by atoms with Crippen molar-refractivity contribution in [3.63, 3.8) is 0 Å². The Morgan fingerprint density at radius 1 is 1.40 bits per heavy atom. The van der Waals surface area contributed by atoms with Crippen LogP contribution in [0.3, 0.4) is 0 Å². The lowest BCUT2D eigenvalue weighted by atomic mass is 10.2. The van der Waals surface area contributed by atoms with Gasteiger partial charge in [0.2, 0.25) is 0 Å². The van der Waals surface area contributed by atoms with Crippen molar-refractivity contribution in [3.8, 4) is 0 Å². The molecule has 0 aliphatic carbocycles. The highest BCUT2D eigenvalue weighted by Gasteiger charge is 2.19. The Kier molecular flexibility index (Phi) is 1.89. The van der Waals surface area contributed by atoms with Crippen LogP contribution >= 0.6 is 0 Å². The van der Waals surface area contributed by atoms with Crippen LogP contribution in [0.4, 0.5) is 0 Å². The largest absolute Gasteiger partial charge is 0.364 e. The summed E-state index contributed by atoms with van der Waals surface area (Å²) in [5, 5.41) is 10.7. The molecule has 0 unspecified atom stereocenters. The third kappa shape index (κ3) is 1.32. The second-order valence-electron chi connectivity index (χ2n) is 3.00. The number of para-hydroxylation sites is 1. The molecule has 6 nitrogen and oxygen atoms in total. The van der Waals surface area contributed by atoms with Crippen molar-refractivity contribution >= 4 is 16.8 Å².